The molecule has 0 unspecified atom stereocenters. The standard InChI is InChI=1S/C16H22FN3S/c1-5-20(14-9-7-6-8-13(14)17)16-19-12(4)15(21-16)10-18-11(2)3/h6-9,11,18H,5,10H2,1-4H3. The Morgan fingerprint density at radius 3 is 2.67 bits per heavy atom. The maximum Gasteiger partial charge on any atom is 0.190 e. The zero-order chi connectivity index (χ0) is 15.4. The average Bonchev–Trinajstić information content (AvgIpc) is 2.80. The fourth-order valence-electron chi connectivity index (χ4n) is 2.07. The lowest BCUT2D eigenvalue weighted by Crippen LogP contribution is -2.21. The van der Waals surface area contributed by atoms with Gasteiger partial charge in [0.15, 0.2) is 5.13 Å². The highest BCUT2D eigenvalue weighted by atomic mass is 32.1. The summed E-state index contributed by atoms with van der Waals surface area (Å²) in [5, 5.41) is 4.25. The van der Waals surface area contributed by atoms with Gasteiger partial charge in [-0.15, -0.1) is 0 Å². The summed E-state index contributed by atoms with van der Waals surface area (Å²) in [5.41, 5.74) is 1.59. The van der Waals surface area contributed by atoms with Crippen molar-refractivity contribution in [1.82, 2.24) is 10.3 Å². The zero-order valence-corrected chi connectivity index (χ0v) is 13.8. The molecule has 0 amide bonds. The molecule has 0 radical (unpaired) electrons. The van der Waals surface area contributed by atoms with Gasteiger partial charge in [-0.3, -0.25) is 0 Å². The minimum atomic E-state index is -0.214. The van der Waals surface area contributed by atoms with Crippen molar-refractivity contribution in [2.75, 3.05) is 11.4 Å². The van der Waals surface area contributed by atoms with E-state index in [-0.39, 0.29) is 5.82 Å². The molecule has 2 rings (SSSR count). The number of hydrogen-bond donors (Lipinski definition) is 1. The van der Waals surface area contributed by atoms with E-state index in [9.17, 15) is 4.39 Å². The van der Waals surface area contributed by atoms with Gasteiger partial charge in [-0.1, -0.05) is 37.3 Å². The third-order valence-electron chi connectivity index (χ3n) is 3.24. The van der Waals surface area contributed by atoms with E-state index in [1.54, 1.807) is 23.5 Å². The molecule has 0 atom stereocenters. The Hall–Kier alpha value is -1.46. The first kappa shape index (κ1) is 15.9. The number of thiazole rings is 1. The van der Waals surface area contributed by atoms with E-state index >= 15 is 0 Å². The lowest BCUT2D eigenvalue weighted by Gasteiger charge is -2.20. The van der Waals surface area contributed by atoms with E-state index in [1.807, 2.05) is 24.8 Å². The molecule has 0 aliphatic rings. The molecule has 2 aromatic rings. The molecule has 0 spiro atoms. The van der Waals surface area contributed by atoms with Crippen LogP contribution in [-0.4, -0.2) is 17.6 Å². The molecular weight excluding hydrogens is 285 g/mol. The number of rotatable bonds is 6. The van der Waals surface area contributed by atoms with E-state index < -0.39 is 0 Å². The van der Waals surface area contributed by atoms with Crippen molar-refractivity contribution in [3.8, 4) is 0 Å². The van der Waals surface area contributed by atoms with Crippen LogP contribution in [0.25, 0.3) is 0 Å². The number of aromatic nitrogens is 1. The van der Waals surface area contributed by atoms with Crippen LogP contribution in [0, 0.1) is 12.7 Å². The highest BCUT2D eigenvalue weighted by Crippen LogP contribution is 2.32. The lowest BCUT2D eigenvalue weighted by atomic mass is 10.3. The first-order valence-corrected chi connectivity index (χ1v) is 8.06. The van der Waals surface area contributed by atoms with Gasteiger partial charge in [-0.05, 0) is 26.0 Å². The molecule has 0 saturated carbocycles. The van der Waals surface area contributed by atoms with Crippen LogP contribution < -0.4 is 10.2 Å². The van der Waals surface area contributed by atoms with Crippen LogP contribution in [0.1, 0.15) is 31.3 Å². The lowest BCUT2D eigenvalue weighted by molar-refractivity contribution is 0.591. The Kier molecular flexibility index (Phi) is 5.31. The molecule has 5 heteroatoms. The summed E-state index contributed by atoms with van der Waals surface area (Å²) in [5.74, 6) is -0.214. The molecule has 0 saturated heterocycles. The summed E-state index contributed by atoms with van der Waals surface area (Å²) >= 11 is 1.62. The first-order chi connectivity index (χ1) is 10.0. The van der Waals surface area contributed by atoms with E-state index in [1.165, 1.54) is 10.9 Å². The number of hydrogen-bond acceptors (Lipinski definition) is 4. The van der Waals surface area contributed by atoms with Gasteiger partial charge in [0.2, 0.25) is 0 Å². The highest BCUT2D eigenvalue weighted by Gasteiger charge is 2.17. The van der Waals surface area contributed by atoms with Crippen LogP contribution in [-0.2, 0) is 6.54 Å². The molecule has 3 nitrogen and oxygen atoms in total. The first-order valence-electron chi connectivity index (χ1n) is 7.24. The quantitative estimate of drug-likeness (QED) is 0.865. The molecule has 21 heavy (non-hydrogen) atoms. The second-order valence-corrected chi connectivity index (χ2v) is 6.30. The Bertz CT molecular complexity index is 595. The van der Waals surface area contributed by atoms with E-state index in [4.69, 9.17) is 0 Å². The zero-order valence-electron chi connectivity index (χ0n) is 13.0. The molecule has 1 aromatic heterocycles. The van der Waals surface area contributed by atoms with E-state index in [0.717, 1.165) is 17.4 Å². The number of halogens is 1. The van der Waals surface area contributed by atoms with Gasteiger partial charge in [-0.25, -0.2) is 9.37 Å². The van der Waals surface area contributed by atoms with Crippen LogP contribution in [0.5, 0.6) is 0 Å². The van der Waals surface area contributed by atoms with Crippen LogP contribution in [0.3, 0.4) is 0 Å². The SMILES string of the molecule is CCN(c1nc(C)c(CNC(C)C)s1)c1ccccc1F. The number of nitrogens with one attached hydrogen (secondary N) is 1. The number of aryl methyl sites for hydroxylation is 1. The summed E-state index contributed by atoms with van der Waals surface area (Å²) in [6.07, 6.45) is 0. The third kappa shape index (κ3) is 3.80. The van der Waals surface area contributed by atoms with Gasteiger partial charge < -0.3 is 10.2 Å². The van der Waals surface area contributed by atoms with Crippen molar-refractivity contribution in [1.29, 1.82) is 0 Å². The maximum absolute atomic E-state index is 14.0. The van der Waals surface area contributed by atoms with Gasteiger partial charge in [0.1, 0.15) is 5.82 Å². The Morgan fingerprint density at radius 1 is 1.33 bits per heavy atom. The molecule has 0 aliphatic carbocycles. The van der Waals surface area contributed by atoms with Gasteiger partial charge in [0.25, 0.3) is 0 Å². The van der Waals surface area contributed by atoms with Gasteiger partial charge in [0.05, 0.1) is 11.4 Å². The summed E-state index contributed by atoms with van der Waals surface area (Å²) in [6, 6.07) is 7.27. The number of nitrogens with zero attached hydrogens (tertiary/aromatic N) is 2. The van der Waals surface area contributed by atoms with Crippen molar-refractivity contribution in [2.45, 2.75) is 40.3 Å². The Balaban J connectivity index is 2.27. The van der Waals surface area contributed by atoms with Crippen LogP contribution in [0.15, 0.2) is 24.3 Å². The van der Waals surface area contributed by atoms with Crippen molar-refractivity contribution in [3.05, 3.63) is 40.7 Å². The fourth-order valence-corrected chi connectivity index (χ4v) is 3.16. The summed E-state index contributed by atoms with van der Waals surface area (Å²) in [4.78, 5) is 7.74. The second-order valence-electron chi connectivity index (χ2n) is 5.24. The Morgan fingerprint density at radius 2 is 2.05 bits per heavy atom. The minimum Gasteiger partial charge on any atom is -0.315 e. The topological polar surface area (TPSA) is 28.2 Å². The molecular formula is C16H22FN3S. The monoisotopic (exact) mass is 307 g/mol. The van der Waals surface area contributed by atoms with Crippen molar-refractivity contribution < 1.29 is 4.39 Å². The van der Waals surface area contributed by atoms with Crippen molar-refractivity contribution in [3.63, 3.8) is 0 Å². The van der Waals surface area contributed by atoms with Gasteiger partial charge in [0, 0.05) is 24.0 Å². The van der Waals surface area contributed by atoms with E-state index in [2.05, 4.69) is 24.1 Å². The molecule has 0 aliphatic heterocycles. The molecule has 0 bridgehead atoms. The highest BCUT2D eigenvalue weighted by molar-refractivity contribution is 7.15. The van der Waals surface area contributed by atoms with Crippen LogP contribution >= 0.6 is 11.3 Å². The molecule has 1 heterocycles. The smallest absolute Gasteiger partial charge is 0.190 e. The predicted octanol–water partition coefficient (Wildman–Crippen LogP) is 4.25. The minimum absolute atomic E-state index is 0.214. The molecule has 0 fully saturated rings. The Labute approximate surface area is 129 Å². The maximum atomic E-state index is 14.0. The number of para-hydroxylation sites is 1. The summed E-state index contributed by atoms with van der Waals surface area (Å²) in [6.45, 7) is 9.74. The number of benzene rings is 1. The average molecular weight is 307 g/mol. The normalized spacial score (nSPS) is 11.1. The van der Waals surface area contributed by atoms with Gasteiger partial charge >= 0.3 is 0 Å². The largest absolute Gasteiger partial charge is 0.315 e. The van der Waals surface area contributed by atoms with Crippen LogP contribution in [0.4, 0.5) is 15.2 Å². The van der Waals surface area contributed by atoms with Crippen molar-refractivity contribution >= 4 is 22.2 Å². The van der Waals surface area contributed by atoms with Crippen LogP contribution in [0.2, 0.25) is 0 Å². The third-order valence-corrected chi connectivity index (χ3v) is 4.42. The van der Waals surface area contributed by atoms with Gasteiger partial charge in [-0.2, -0.15) is 0 Å². The molecule has 1 N–H and O–H groups in total. The molecule has 1 aromatic carbocycles. The van der Waals surface area contributed by atoms with Crippen molar-refractivity contribution in [2.24, 2.45) is 0 Å². The number of anilines is 2. The van der Waals surface area contributed by atoms with E-state index in [0.29, 0.717) is 18.3 Å². The summed E-state index contributed by atoms with van der Waals surface area (Å²) in [7, 11) is 0. The fraction of sp³-hybridized carbons (Fsp3) is 0.438. The second kappa shape index (κ2) is 7.00. The molecule has 114 valence electrons. The predicted molar refractivity (Wildman–Crippen MR) is 87.9 cm³/mol. The summed E-state index contributed by atoms with van der Waals surface area (Å²) < 4.78 is 14.0.